The quantitative estimate of drug-likeness (QED) is 0.549. The van der Waals surface area contributed by atoms with E-state index < -0.39 is 0 Å². The maximum Gasteiger partial charge on any atom is 0.113 e. The largest absolute Gasteiger partial charge is 0.384 e. The van der Waals surface area contributed by atoms with Gasteiger partial charge in [0.2, 0.25) is 0 Å². The Morgan fingerprint density at radius 2 is 2.14 bits per heavy atom. The topological polar surface area (TPSA) is 59.1 Å². The van der Waals surface area contributed by atoms with Crippen LogP contribution in [0.3, 0.4) is 0 Å². The monoisotopic (exact) mass is 186 g/mol. The second-order valence-corrected chi connectivity index (χ2v) is 2.40. The number of hydrogen-bond donors (Lipinski definition) is 2. The summed E-state index contributed by atoms with van der Waals surface area (Å²) < 4.78 is 0. The second-order valence-electron chi connectivity index (χ2n) is 2.40. The minimum Gasteiger partial charge on any atom is -0.384 e. The summed E-state index contributed by atoms with van der Waals surface area (Å²) in [6.45, 7) is 0.183. The third-order valence-electron chi connectivity index (χ3n) is 1.39. The van der Waals surface area contributed by atoms with E-state index in [2.05, 4.69) is 28.7 Å². The summed E-state index contributed by atoms with van der Waals surface area (Å²) >= 11 is 0. The molecule has 0 atom stereocenters. The number of hydrogen-bond acceptors (Lipinski definition) is 3. The fourth-order valence-corrected chi connectivity index (χ4v) is 0.825. The van der Waals surface area contributed by atoms with Crippen molar-refractivity contribution >= 4 is 0 Å². The number of aromatic nitrogens is 1. The van der Waals surface area contributed by atoms with Crippen molar-refractivity contribution in [2.75, 3.05) is 13.2 Å². The zero-order chi connectivity index (χ0) is 10.2. The molecule has 0 radical (unpaired) electrons. The molecule has 0 amide bonds. The van der Waals surface area contributed by atoms with Crippen LogP contribution in [0.5, 0.6) is 0 Å². The van der Waals surface area contributed by atoms with E-state index in [0.717, 1.165) is 5.56 Å². The number of aliphatic hydroxyl groups is 1. The molecule has 3 heteroatoms. The van der Waals surface area contributed by atoms with E-state index in [1.165, 1.54) is 0 Å². The van der Waals surface area contributed by atoms with Crippen LogP contribution in [0.25, 0.3) is 0 Å². The summed E-state index contributed by atoms with van der Waals surface area (Å²) in [6, 6.07) is 3.57. The van der Waals surface area contributed by atoms with Crippen LogP contribution in [0.1, 0.15) is 11.3 Å². The van der Waals surface area contributed by atoms with Gasteiger partial charge in [0, 0.05) is 11.8 Å². The van der Waals surface area contributed by atoms with Gasteiger partial charge in [0.1, 0.15) is 12.3 Å². The Labute approximate surface area is 83.0 Å². The molecule has 0 aliphatic rings. The molecule has 0 aliphatic carbocycles. The van der Waals surface area contributed by atoms with Crippen molar-refractivity contribution in [3.8, 4) is 23.7 Å². The lowest BCUT2D eigenvalue weighted by Gasteiger charge is -1.90. The fourth-order valence-electron chi connectivity index (χ4n) is 0.825. The van der Waals surface area contributed by atoms with Gasteiger partial charge in [0.05, 0.1) is 6.54 Å². The van der Waals surface area contributed by atoms with E-state index in [9.17, 15) is 0 Å². The van der Waals surface area contributed by atoms with Crippen LogP contribution < -0.4 is 5.73 Å². The lowest BCUT2D eigenvalue weighted by Crippen LogP contribution is -1.93. The Kier molecular flexibility index (Phi) is 4.23. The number of aliphatic hydroxyl groups excluding tert-OH is 1. The van der Waals surface area contributed by atoms with Crippen molar-refractivity contribution in [1.29, 1.82) is 0 Å². The van der Waals surface area contributed by atoms with Crippen molar-refractivity contribution in [2.45, 2.75) is 0 Å². The van der Waals surface area contributed by atoms with Crippen LogP contribution in [-0.2, 0) is 0 Å². The Balaban J connectivity index is 2.78. The zero-order valence-electron chi connectivity index (χ0n) is 7.62. The number of nitrogens with zero attached hydrogens (tertiary/aromatic N) is 1. The highest BCUT2D eigenvalue weighted by Gasteiger charge is 1.88. The van der Waals surface area contributed by atoms with Gasteiger partial charge >= 0.3 is 0 Å². The highest BCUT2D eigenvalue weighted by atomic mass is 16.2. The van der Waals surface area contributed by atoms with E-state index in [1.54, 1.807) is 12.3 Å². The molecular weight excluding hydrogens is 176 g/mol. The van der Waals surface area contributed by atoms with Gasteiger partial charge in [-0.25, -0.2) is 4.98 Å². The van der Waals surface area contributed by atoms with Gasteiger partial charge in [0.25, 0.3) is 0 Å². The van der Waals surface area contributed by atoms with Crippen LogP contribution in [0, 0.1) is 23.7 Å². The smallest absolute Gasteiger partial charge is 0.113 e. The third kappa shape index (κ3) is 3.28. The minimum absolute atomic E-state index is 0.156. The number of nitrogens with two attached hydrogens (primary N) is 1. The molecule has 1 heterocycles. The molecular formula is C11H10N2O. The minimum atomic E-state index is -0.156. The Bertz CT molecular complexity index is 360. The summed E-state index contributed by atoms with van der Waals surface area (Å²) in [4.78, 5) is 4.04. The van der Waals surface area contributed by atoms with Gasteiger partial charge in [-0.15, -0.1) is 0 Å². The molecule has 70 valence electrons. The molecule has 0 saturated carbocycles. The Hall–Kier alpha value is -1.81. The standard InChI is InChI=1S/C11H10N2O/c12-7-1-3-10-5-6-11(13-9-10)4-2-8-14/h5-6,9,14H,7-8,12H2. The molecule has 0 saturated heterocycles. The van der Waals surface area contributed by atoms with Crippen LogP contribution in [0.2, 0.25) is 0 Å². The predicted molar refractivity (Wildman–Crippen MR) is 54.1 cm³/mol. The van der Waals surface area contributed by atoms with Crippen molar-refractivity contribution in [2.24, 2.45) is 5.73 Å². The van der Waals surface area contributed by atoms with Crippen molar-refractivity contribution < 1.29 is 5.11 Å². The van der Waals surface area contributed by atoms with Crippen LogP contribution in [0.15, 0.2) is 18.3 Å². The van der Waals surface area contributed by atoms with E-state index in [-0.39, 0.29) is 6.61 Å². The van der Waals surface area contributed by atoms with Crippen LogP contribution in [0.4, 0.5) is 0 Å². The van der Waals surface area contributed by atoms with Gasteiger partial charge in [0.15, 0.2) is 0 Å². The summed E-state index contributed by atoms with van der Waals surface area (Å²) in [7, 11) is 0. The van der Waals surface area contributed by atoms with Gasteiger partial charge in [-0.2, -0.15) is 0 Å². The molecule has 14 heavy (non-hydrogen) atoms. The van der Waals surface area contributed by atoms with Gasteiger partial charge in [-0.1, -0.05) is 17.8 Å². The molecule has 0 bridgehead atoms. The first kappa shape index (κ1) is 10.3. The molecule has 0 unspecified atom stereocenters. The van der Waals surface area contributed by atoms with E-state index >= 15 is 0 Å². The Morgan fingerprint density at radius 1 is 1.29 bits per heavy atom. The highest BCUT2D eigenvalue weighted by molar-refractivity contribution is 5.36. The zero-order valence-corrected chi connectivity index (χ0v) is 7.62. The Morgan fingerprint density at radius 3 is 2.71 bits per heavy atom. The molecule has 0 spiro atoms. The summed E-state index contributed by atoms with van der Waals surface area (Å²) in [5.74, 6) is 10.8. The van der Waals surface area contributed by atoms with Crippen LogP contribution >= 0.6 is 0 Å². The van der Waals surface area contributed by atoms with E-state index in [0.29, 0.717) is 12.2 Å². The summed E-state index contributed by atoms with van der Waals surface area (Å²) in [5, 5.41) is 8.46. The second kappa shape index (κ2) is 5.77. The molecule has 0 fully saturated rings. The number of rotatable bonds is 0. The first-order valence-corrected chi connectivity index (χ1v) is 4.11. The van der Waals surface area contributed by atoms with Crippen molar-refractivity contribution in [3.05, 3.63) is 29.6 Å². The SMILES string of the molecule is NCC#Cc1ccc(C#CCO)nc1. The maximum absolute atomic E-state index is 8.46. The average molecular weight is 186 g/mol. The first-order valence-electron chi connectivity index (χ1n) is 4.11. The molecule has 0 aliphatic heterocycles. The predicted octanol–water partition coefficient (Wildman–Crippen LogP) is -0.264. The summed E-state index contributed by atoms with van der Waals surface area (Å²) in [5.41, 5.74) is 6.66. The lowest BCUT2D eigenvalue weighted by molar-refractivity contribution is 0.350. The average Bonchev–Trinajstić information content (AvgIpc) is 2.25. The van der Waals surface area contributed by atoms with Crippen molar-refractivity contribution in [3.63, 3.8) is 0 Å². The van der Waals surface area contributed by atoms with Gasteiger partial charge in [-0.05, 0) is 18.1 Å². The highest BCUT2D eigenvalue weighted by Crippen LogP contribution is 1.96. The molecule has 1 aromatic rings. The van der Waals surface area contributed by atoms with Crippen molar-refractivity contribution in [1.82, 2.24) is 4.98 Å². The maximum atomic E-state index is 8.46. The normalized spacial score (nSPS) is 8.14. The summed E-state index contributed by atoms with van der Waals surface area (Å²) in [6.07, 6.45) is 1.63. The molecule has 3 nitrogen and oxygen atoms in total. The lowest BCUT2D eigenvalue weighted by atomic mass is 10.2. The molecule has 1 rings (SSSR count). The number of pyridine rings is 1. The first-order chi connectivity index (χ1) is 6.86. The van der Waals surface area contributed by atoms with Crippen LogP contribution in [-0.4, -0.2) is 23.2 Å². The van der Waals surface area contributed by atoms with Gasteiger partial charge in [-0.3, -0.25) is 0 Å². The fraction of sp³-hybridized carbons (Fsp3) is 0.182. The van der Waals surface area contributed by atoms with Gasteiger partial charge < -0.3 is 10.8 Å². The molecule has 1 aromatic heterocycles. The molecule has 0 aromatic carbocycles. The van der Waals surface area contributed by atoms with E-state index in [4.69, 9.17) is 10.8 Å². The van der Waals surface area contributed by atoms with E-state index in [1.807, 2.05) is 6.07 Å². The third-order valence-corrected chi connectivity index (χ3v) is 1.39. The molecule has 3 N–H and O–H groups in total.